The summed E-state index contributed by atoms with van der Waals surface area (Å²) in [6.07, 6.45) is -2.82. The van der Waals surface area contributed by atoms with E-state index in [0.717, 1.165) is 38.4 Å². The van der Waals surface area contributed by atoms with E-state index in [1.165, 1.54) is 10.9 Å². The lowest BCUT2D eigenvalue weighted by molar-refractivity contribution is -0.137. The van der Waals surface area contributed by atoms with E-state index >= 15 is 0 Å². The minimum absolute atomic E-state index is 0.103. The molecule has 11 heteroatoms. The van der Waals surface area contributed by atoms with Gasteiger partial charge in [-0.25, -0.2) is 13.8 Å². The number of pyridine rings is 1. The van der Waals surface area contributed by atoms with Crippen molar-refractivity contribution in [1.82, 2.24) is 19.7 Å². The lowest BCUT2D eigenvalue weighted by Gasteiger charge is -2.26. The van der Waals surface area contributed by atoms with Crippen LogP contribution in [0.5, 0.6) is 0 Å². The molecule has 0 radical (unpaired) electrons. The molecule has 3 aliphatic rings. The minimum Gasteiger partial charge on any atom is -0.383 e. The minimum atomic E-state index is -4.67. The second kappa shape index (κ2) is 8.19. The van der Waals surface area contributed by atoms with Crippen LogP contribution in [0.25, 0.3) is 11.3 Å². The molecule has 2 aromatic heterocycles. The number of rotatable bonds is 6. The van der Waals surface area contributed by atoms with E-state index in [1.54, 1.807) is 13.2 Å². The van der Waals surface area contributed by atoms with Crippen molar-refractivity contribution in [3.8, 4) is 11.3 Å². The SMILES string of the molecule is CO[C@H]1CCN(C2CC3C(C2)C3c2cc(-c3cnc(N)c(C(F)(F)F)c3)nn2CC(F)F)C1. The largest absolute Gasteiger partial charge is 0.419 e. The van der Waals surface area contributed by atoms with E-state index in [1.807, 2.05) is 0 Å². The van der Waals surface area contributed by atoms with Crippen LogP contribution in [-0.2, 0) is 17.5 Å². The highest BCUT2D eigenvalue weighted by Gasteiger charge is 2.59. The van der Waals surface area contributed by atoms with Crippen LogP contribution in [0.15, 0.2) is 18.3 Å². The fourth-order valence-electron chi connectivity index (χ4n) is 5.79. The molecular weight excluding hydrogens is 445 g/mol. The van der Waals surface area contributed by atoms with Crippen molar-refractivity contribution in [3.63, 3.8) is 0 Å². The zero-order valence-corrected chi connectivity index (χ0v) is 18.1. The number of nitrogens with zero attached hydrogens (tertiary/aromatic N) is 4. The Kier molecular flexibility index (Phi) is 5.59. The van der Waals surface area contributed by atoms with Crippen LogP contribution in [0.3, 0.4) is 0 Å². The molecule has 6 nitrogen and oxygen atoms in total. The Labute approximate surface area is 187 Å². The lowest BCUT2D eigenvalue weighted by Crippen LogP contribution is -2.33. The molecule has 1 saturated heterocycles. The Hall–Kier alpha value is -2.27. The predicted molar refractivity (Wildman–Crippen MR) is 111 cm³/mol. The van der Waals surface area contributed by atoms with Crippen molar-refractivity contribution >= 4 is 5.82 Å². The van der Waals surface area contributed by atoms with Crippen LogP contribution in [0.4, 0.5) is 27.8 Å². The molecular formula is C22H26F5N5O. The molecule has 0 aromatic carbocycles. The van der Waals surface area contributed by atoms with Crippen LogP contribution in [0, 0.1) is 11.8 Å². The van der Waals surface area contributed by atoms with Crippen LogP contribution < -0.4 is 5.73 Å². The maximum atomic E-state index is 13.3. The van der Waals surface area contributed by atoms with E-state index in [2.05, 4.69) is 15.0 Å². The molecule has 2 aromatic rings. The maximum Gasteiger partial charge on any atom is 0.419 e. The number of hydrogen-bond donors (Lipinski definition) is 1. The first-order valence-corrected chi connectivity index (χ1v) is 11.1. The highest BCUT2D eigenvalue weighted by atomic mass is 19.4. The monoisotopic (exact) mass is 471 g/mol. The average molecular weight is 471 g/mol. The van der Waals surface area contributed by atoms with E-state index in [9.17, 15) is 22.0 Å². The van der Waals surface area contributed by atoms with Gasteiger partial charge in [-0.3, -0.25) is 9.58 Å². The van der Waals surface area contributed by atoms with Gasteiger partial charge in [0.1, 0.15) is 12.4 Å². The fourth-order valence-corrected chi connectivity index (χ4v) is 5.79. The van der Waals surface area contributed by atoms with Gasteiger partial charge in [-0.1, -0.05) is 0 Å². The first-order valence-electron chi connectivity index (χ1n) is 11.1. The predicted octanol–water partition coefficient (Wildman–Crippen LogP) is 4.02. The van der Waals surface area contributed by atoms with Gasteiger partial charge in [0, 0.05) is 49.6 Å². The molecule has 2 aliphatic carbocycles. The summed E-state index contributed by atoms with van der Waals surface area (Å²) >= 11 is 0. The number of nitrogens with two attached hydrogens (primary N) is 1. The van der Waals surface area contributed by atoms with Gasteiger partial charge in [-0.2, -0.15) is 18.3 Å². The number of alkyl halides is 5. The Bertz CT molecular complexity index is 1010. The molecule has 2 unspecified atom stereocenters. The molecule has 2 saturated carbocycles. The topological polar surface area (TPSA) is 69.2 Å². The highest BCUT2D eigenvalue weighted by molar-refractivity contribution is 5.63. The van der Waals surface area contributed by atoms with Crippen molar-refractivity contribution in [1.29, 1.82) is 0 Å². The van der Waals surface area contributed by atoms with Gasteiger partial charge in [-0.05, 0) is 43.2 Å². The number of ether oxygens (including phenoxy) is 1. The second-order valence-corrected chi connectivity index (χ2v) is 9.30. The summed E-state index contributed by atoms with van der Waals surface area (Å²) in [5.41, 5.74) is 5.31. The molecule has 180 valence electrons. The summed E-state index contributed by atoms with van der Waals surface area (Å²) in [4.78, 5) is 6.11. The van der Waals surface area contributed by atoms with Crippen molar-refractivity contribution in [3.05, 3.63) is 29.6 Å². The third-order valence-corrected chi connectivity index (χ3v) is 7.43. The van der Waals surface area contributed by atoms with Gasteiger partial charge in [0.15, 0.2) is 0 Å². The van der Waals surface area contributed by atoms with E-state index < -0.39 is 30.5 Å². The van der Waals surface area contributed by atoms with Crippen LogP contribution >= 0.6 is 0 Å². The molecule has 5 rings (SSSR count). The maximum absolute atomic E-state index is 13.3. The number of hydrogen-bond acceptors (Lipinski definition) is 5. The molecule has 3 fully saturated rings. The van der Waals surface area contributed by atoms with Gasteiger partial charge in [0.25, 0.3) is 6.43 Å². The summed E-state index contributed by atoms with van der Waals surface area (Å²) in [5, 5.41) is 4.24. The molecule has 0 bridgehead atoms. The van der Waals surface area contributed by atoms with E-state index in [0.29, 0.717) is 23.6 Å². The first-order chi connectivity index (χ1) is 15.7. The number of likely N-dealkylation sites (tertiary alicyclic amines) is 1. The molecule has 3 atom stereocenters. The van der Waals surface area contributed by atoms with Gasteiger partial charge < -0.3 is 10.5 Å². The Balaban J connectivity index is 1.37. The summed E-state index contributed by atoms with van der Waals surface area (Å²) in [6.45, 7) is 1.34. The molecule has 2 N–H and O–H groups in total. The normalized spacial score (nSPS) is 29.7. The van der Waals surface area contributed by atoms with Gasteiger partial charge in [0.05, 0.1) is 17.4 Å². The molecule has 0 amide bonds. The third kappa shape index (κ3) is 4.21. The lowest BCUT2D eigenvalue weighted by atomic mass is 10.0. The molecule has 3 heterocycles. The van der Waals surface area contributed by atoms with Crippen molar-refractivity contribution in [2.75, 3.05) is 25.9 Å². The van der Waals surface area contributed by atoms with Gasteiger partial charge in [0.2, 0.25) is 0 Å². The van der Waals surface area contributed by atoms with Crippen LogP contribution in [0.2, 0.25) is 0 Å². The Morgan fingerprint density at radius 1 is 1.21 bits per heavy atom. The second-order valence-electron chi connectivity index (χ2n) is 9.30. The molecule has 33 heavy (non-hydrogen) atoms. The number of nitrogen functional groups attached to an aromatic ring is 1. The third-order valence-electron chi connectivity index (χ3n) is 7.43. The fraction of sp³-hybridized carbons (Fsp3) is 0.636. The molecule has 0 spiro atoms. The smallest absolute Gasteiger partial charge is 0.383 e. The number of methoxy groups -OCH3 is 1. The average Bonchev–Trinajstić information content (AvgIpc) is 3.21. The standard InChI is InChI=1S/C22H26F5N5O/c1-33-13-2-3-31(9-13)12-5-14-15(6-12)20(14)18-7-17(30-32(18)10-19(23)24)11-4-16(22(25,26)27)21(28)29-8-11/h4,7-8,12-15,19-20H,2-3,5-6,9-10H2,1H3,(H2,28,29)/t12?,13-,14?,15?,20?/m0/s1. The van der Waals surface area contributed by atoms with E-state index in [-0.39, 0.29) is 23.3 Å². The quantitative estimate of drug-likeness (QED) is 0.645. The Morgan fingerprint density at radius 2 is 1.94 bits per heavy atom. The van der Waals surface area contributed by atoms with Crippen molar-refractivity contribution < 1.29 is 26.7 Å². The van der Waals surface area contributed by atoms with Gasteiger partial charge >= 0.3 is 6.18 Å². The molecule has 1 aliphatic heterocycles. The van der Waals surface area contributed by atoms with Crippen LogP contribution in [0.1, 0.15) is 36.4 Å². The highest BCUT2D eigenvalue weighted by Crippen LogP contribution is 2.64. The number of fused-ring (bicyclic) bond motifs is 1. The summed E-state index contributed by atoms with van der Waals surface area (Å²) in [6, 6.07) is 2.99. The van der Waals surface area contributed by atoms with Crippen LogP contribution in [-0.4, -0.2) is 58.4 Å². The summed E-state index contributed by atoms with van der Waals surface area (Å²) < 4.78 is 72.9. The van der Waals surface area contributed by atoms with E-state index in [4.69, 9.17) is 10.5 Å². The van der Waals surface area contributed by atoms with Gasteiger partial charge in [-0.15, -0.1) is 0 Å². The van der Waals surface area contributed by atoms with Crippen molar-refractivity contribution in [2.45, 2.75) is 56.5 Å². The first kappa shape index (κ1) is 22.5. The summed E-state index contributed by atoms with van der Waals surface area (Å²) in [5.74, 6) is 0.241. The van der Waals surface area contributed by atoms with Crippen molar-refractivity contribution in [2.24, 2.45) is 11.8 Å². The number of halogens is 5. The Morgan fingerprint density at radius 3 is 2.55 bits per heavy atom. The zero-order chi connectivity index (χ0) is 23.5. The number of anilines is 1. The zero-order valence-electron chi connectivity index (χ0n) is 18.1. The summed E-state index contributed by atoms with van der Waals surface area (Å²) in [7, 11) is 1.73. The number of aromatic nitrogens is 3.